The Morgan fingerprint density at radius 2 is 1.93 bits per heavy atom. The number of rotatable bonds is 1. The highest BCUT2D eigenvalue weighted by atomic mass is 16.4. The van der Waals surface area contributed by atoms with Gasteiger partial charge in [-0.15, -0.1) is 0 Å². The lowest BCUT2D eigenvalue weighted by atomic mass is 10.1. The highest BCUT2D eigenvalue weighted by Gasteiger charge is 2.10. The van der Waals surface area contributed by atoms with Crippen LogP contribution in [0.25, 0.3) is 10.8 Å². The topological polar surface area (TPSA) is 50.2 Å². The molecule has 0 fully saturated rings. The summed E-state index contributed by atoms with van der Waals surface area (Å²) in [4.78, 5) is 14.8. The highest BCUT2D eigenvalue weighted by Crippen LogP contribution is 2.19. The number of carboxylic acids is 1. The molecule has 0 atom stereocenters. The number of benzene rings is 1. The first-order chi connectivity index (χ1) is 6.70. The second kappa shape index (κ2) is 3.10. The molecule has 0 bridgehead atoms. The summed E-state index contributed by atoms with van der Waals surface area (Å²) in [5.74, 6) is -0.985. The van der Waals surface area contributed by atoms with Gasteiger partial charge in [0.1, 0.15) is 0 Å². The standard InChI is InChI=1S/C11H9NO2/c1-7-6-12-10(11(13)14)9-5-3-2-4-8(7)9/h2-6H,1H3,(H,13,14). The van der Waals surface area contributed by atoms with Gasteiger partial charge >= 0.3 is 5.97 Å². The summed E-state index contributed by atoms with van der Waals surface area (Å²) >= 11 is 0. The molecule has 1 heterocycles. The van der Waals surface area contributed by atoms with Crippen LogP contribution in [0.5, 0.6) is 0 Å². The molecule has 2 aromatic rings. The predicted molar refractivity (Wildman–Crippen MR) is 53.4 cm³/mol. The fourth-order valence-corrected chi connectivity index (χ4v) is 1.50. The van der Waals surface area contributed by atoms with Crippen LogP contribution < -0.4 is 0 Å². The zero-order valence-electron chi connectivity index (χ0n) is 7.69. The molecule has 1 aromatic carbocycles. The summed E-state index contributed by atoms with van der Waals surface area (Å²) in [6.45, 7) is 1.92. The number of carbonyl (C=O) groups is 1. The zero-order chi connectivity index (χ0) is 10.1. The molecule has 1 N–H and O–H groups in total. The summed E-state index contributed by atoms with van der Waals surface area (Å²) in [5.41, 5.74) is 1.11. The van der Waals surface area contributed by atoms with E-state index in [4.69, 9.17) is 5.11 Å². The van der Waals surface area contributed by atoms with E-state index in [-0.39, 0.29) is 5.69 Å². The lowest BCUT2D eigenvalue weighted by Gasteiger charge is -2.03. The van der Waals surface area contributed by atoms with Crippen molar-refractivity contribution in [2.45, 2.75) is 6.92 Å². The van der Waals surface area contributed by atoms with Crippen LogP contribution in [-0.2, 0) is 0 Å². The van der Waals surface area contributed by atoms with E-state index in [1.165, 1.54) is 0 Å². The Morgan fingerprint density at radius 3 is 2.57 bits per heavy atom. The van der Waals surface area contributed by atoms with E-state index in [1.807, 2.05) is 25.1 Å². The Hall–Kier alpha value is -1.90. The largest absolute Gasteiger partial charge is 0.476 e. The quantitative estimate of drug-likeness (QED) is 0.744. The zero-order valence-corrected chi connectivity index (χ0v) is 7.69. The average Bonchev–Trinajstić information content (AvgIpc) is 2.18. The molecule has 3 nitrogen and oxygen atoms in total. The number of hydrogen-bond donors (Lipinski definition) is 1. The number of hydrogen-bond acceptors (Lipinski definition) is 2. The molecule has 14 heavy (non-hydrogen) atoms. The van der Waals surface area contributed by atoms with Crippen LogP contribution in [-0.4, -0.2) is 16.1 Å². The second-order valence-electron chi connectivity index (χ2n) is 3.14. The van der Waals surface area contributed by atoms with Crippen molar-refractivity contribution in [3.05, 3.63) is 41.7 Å². The van der Waals surface area contributed by atoms with Gasteiger partial charge in [0, 0.05) is 11.6 Å². The number of aryl methyl sites for hydroxylation is 1. The minimum absolute atomic E-state index is 0.117. The molecule has 0 radical (unpaired) electrons. The van der Waals surface area contributed by atoms with Crippen molar-refractivity contribution in [3.8, 4) is 0 Å². The fraction of sp³-hybridized carbons (Fsp3) is 0.0909. The monoisotopic (exact) mass is 187 g/mol. The molecule has 0 aliphatic rings. The molecule has 2 rings (SSSR count). The smallest absolute Gasteiger partial charge is 0.355 e. The first-order valence-electron chi connectivity index (χ1n) is 4.28. The first-order valence-corrected chi connectivity index (χ1v) is 4.28. The Labute approximate surface area is 81.0 Å². The van der Waals surface area contributed by atoms with E-state index in [2.05, 4.69) is 4.98 Å². The SMILES string of the molecule is Cc1cnc(C(=O)O)c2ccccc12. The molecular formula is C11H9NO2. The maximum atomic E-state index is 10.9. The van der Waals surface area contributed by atoms with Crippen LogP contribution in [0.3, 0.4) is 0 Å². The maximum absolute atomic E-state index is 10.9. The minimum Gasteiger partial charge on any atom is -0.476 e. The van der Waals surface area contributed by atoms with Gasteiger partial charge in [-0.25, -0.2) is 9.78 Å². The molecule has 0 aliphatic heterocycles. The van der Waals surface area contributed by atoms with Crippen molar-refractivity contribution < 1.29 is 9.90 Å². The number of nitrogens with zero attached hydrogens (tertiary/aromatic N) is 1. The third kappa shape index (κ3) is 1.23. The van der Waals surface area contributed by atoms with Gasteiger partial charge in [0.05, 0.1) is 0 Å². The molecule has 0 unspecified atom stereocenters. The Bertz CT molecular complexity index is 506. The molecule has 1 aromatic heterocycles. The van der Waals surface area contributed by atoms with Crippen LogP contribution in [0.15, 0.2) is 30.5 Å². The fourth-order valence-electron chi connectivity index (χ4n) is 1.50. The normalized spacial score (nSPS) is 10.4. The summed E-state index contributed by atoms with van der Waals surface area (Å²) in [6.07, 6.45) is 1.59. The molecule has 70 valence electrons. The summed E-state index contributed by atoms with van der Waals surface area (Å²) in [7, 11) is 0. The third-order valence-corrected chi connectivity index (χ3v) is 2.20. The van der Waals surface area contributed by atoms with E-state index >= 15 is 0 Å². The van der Waals surface area contributed by atoms with E-state index < -0.39 is 5.97 Å². The van der Waals surface area contributed by atoms with Crippen LogP contribution in [0, 0.1) is 6.92 Å². The van der Waals surface area contributed by atoms with Crippen molar-refractivity contribution in [2.24, 2.45) is 0 Å². The van der Waals surface area contributed by atoms with E-state index in [9.17, 15) is 4.79 Å². The number of carboxylic acid groups (broad SMARTS) is 1. The first kappa shape index (κ1) is 8.69. The summed E-state index contributed by atoms with van der Waals surface area (Å²) < 4.78 is 0. The molecule has 3 heteroatoms. The average molecular weight is 187 g/mol. The highest BCUT2D eigenvalue weighted by molar-refractivity contribution is 6.02. The summed E-state index contributed by atoms with van der Waals surface area (Å²) in [5, 5.41) is 10.6. The molecule has 0 spiro atoms. The van der Waals surface area contributed by atoms with E-state index in [0.29, 0.717) is 5.39 Å². The number of aromatic nitrogens is 1. The number of aromatic carboxylic acids is 1. The van der Waals surface area contributed by atoms with Crippen LogP contribution in [0.2, 0.25) is 0 Å². The van der Waals surface area contributed by atoms with E-state index in [1.54, 1.807) is 12.3 Å². The molecular weight excluding hydrogens is 178 g/mol. The van der Waals surface area contributed by atoms with Gasteiger partial charge in [0.15, 0.2) is 5.69 Å². The molecule has 0 amide bonds. The van der Waals surface area contributed by atoms with Crippen molar-refractivity contribution in [2.75, 3.05) is 0 Å². The van der Waals surface area contributed by atoms with Crippen LogP contribution in [0.4, 0.5) is 0 Å². The van der Waals surface area contributed by atoms with Gasteiger partial charge in [-0.05, 0) is 17.9 Å². The summed E-state index contributed by atoms with van der Waals surface area (Å²) in [6, 6.07) is 7.38. The van der Waals surface area contributed by atoms with Gasteiger partial charge in [-0.2, -0.15) is 0 Å². The number of fused-ring (bicyclic) bond motifs is 1. The van der Waals surface area contributed by atoms with Crippen LogP contribution in [0.1, 0.15) is 16.1 Å². The van der Waals surface area contributed by atoms with Gasteiger partial charge in [0.25, 0.3) is 0 Å². The molecule has 0 saturated heterocycles. The van der Waals surface area contributed by atoms with Gasteiger partial charge in [0.2, 0.25) is 0 Å². The van der Waals surface area contributed by atoms with E-state index in [0.717, 1.165) is 10.9 Å². The lowest BCUT2D eigenvalue weighted by Crippen LogP contribution is -2.01. The third-order valence-electron chi connectivity index (χ3n) is 2.20. The lowest BCUT2D eigenvalue weighted by molar-refractivity contribution is 0.0693. The Balaban J connectivity index is 2.88. The molecule has 0 aliphatic carbocycles. The van der Waals surface area contributed by atoms with Crippen molar-refractivity contribution in [1.82, 2.24) is 4.98 Å². The van der Waals surface area contributed by atoms with Crippen LogP contribution >= 0.6 is 0 Å². The van der Waals surface area contributed by atoms with Crippen molar-refractivity contribution in [3.63, 3.8) is 0 Å². The van der Waals surface area contributed by atoms with Crippen molar-refractivity contribution in [1.29, 1.82) is 0 Å². The maximum Gasteiger partial charge on any atom is 0.355 e. The Kier molecular flexibility index (Phi) is 1.93. The van der Waals surface area contributed by atoms with Crippen molar-refractivity contribution >= 4 is 16.7 Å². The Morgan fingerprint density at radius 1 is 1.29 bits per heavy atom. The number of pyridine rings is 1. The van der Waals surface area contributed by atoms with Gasteiger partial charge < -0.3 is 5.11 Å². The van der Waals surface area contributed by atoms with Gasteiger partial charge in [-0.1, -0.05) is 24.3 Å². The second-order valence-corrected chi connectivity index (χ2v) is 3.14. The molecule has 0 saturated carbocycles. The minimum atomic E-state index is -0.985. The predicted octanol–water partition coefficient (Wildman–Crippen LogP) is 2.24. The van der Waals surface area contributed by atoms with Gasteiger partial charge in [-0.3, -0.25) is 0 Å².